The lowest BCUT2D eigenvalue weighted by Crippen LogP contribution is -2.08. The summed E-state index contributed by atoms with van der Waals surface area (Å²) in [6.07, 6.45) is 4.32. The van der Waals surface area contributed by atoms with Gasteiger partial charge in [0, 0.05) is 18.8 Å². The Balaban J connectivity index is 2.64. The van der Waals surface area contributed by atoms with Gasteiger partial charge in [-0.05, 0) is 18.5 Å². The molecular weight excluding hydrogens is 226 g/mol. The van der Waals surface area contributed by atoms with Gasteiger partial charge >= 0.3 is 0 Å². The van der Waals surface area contributed by atoms with E-state index in [2.05, 4.69) is 15.0 Å². The largest absolute Gasteiger partial charge is 0.394 e. The van der Waals surface area contributed by atoms with Crippen molar-refractivity contribution in [1.29, 1.82) is 0 Å². The normalized spacial score (nSPS) is 10.7. The molecule has 84 valence electrons. The second kappa shape index (κ2) is 4.09. The molecule has 2 rings (SSSR count). The Morgan fingerprint density at radius 3 is 2.88 bits per heavy atom. The highest BCUT2D eigenvalue weighted by molar-refractivity contribution is 6.28. The Kier molecular flexibility index (Phi) is 2.78. The van der Waals surface area contributed by atoms with Crippen LogP contribution in [0.5, 0.6) is 0 Å². The number of rotatable bonds is 2. The van der Waals surface area contributed by atoms with Crippen molar-refractivity contribution in [2.24, 2.45) is 0 Å². The summed E-state index contributed by atoms with van der Waals surface area (Å²) in [5.74, 6) is 1.48. The van der Waals surface area contributed by atoms with Crippen molar-refractivity contribution in [2.75, 3.05) is 5.73 Å². The first-order valence-corrected chi connectivity index (χ1v) is 5.33. The molecule has 2 N–H and O–H groups in total. The van der Waals surface area contributed by atoms with Crippen LogP contribution < -0.4 is 5.73 Å². The smallest absolute Gasteiger partial charge is 0.224 e. The van der Waals surface area contributed by atoms with Crippen molar-refractivity contribution in [3.8, 4) is 5.82 Å². The molecule has 0 amide bonds. The van der Waals surface area contributed by atoms with Crippen molar-refractivity contribution in [3.05, 3.63) is 29.2 Å². The number of halogens is 1. The van der Waals surface area contributed by atoms with E-state index in [1.54, 1.807) is 13.1 Å². The number of anilines is 1. The van der Waals surface area contributed by atoms with Crippen molar-refractivity contribution in [3.63, 3.8) is 0 Å². The summed E-state index contributed by atoms with van der Waals surface area (Å²) in [6, 6.07) is 0. The molecule has 0 aromatic carbocycles. The number of hydrogen-bond acceptors (Lipinski definition) is 4. The maximum atomic E-state index is 5.93. The van der Waals surface area contributed by atoms with E-state index in [1.165, 1.54) is 0 Å². The predicted molar refractivity (Wildman–Crippen MR) is 62.7 cm³/mol. The minimum Gasteiger partial charge on any atom is -0.394 e. The van der Waals surface area contributed by atoms with E-state index in [0.29, 0.717) is 17.2 Å². The van der Waals surface area contributed by atoms with Gasteiger partial charge in [0.1, 0.15) is 5.82 Å². The van der Waals surface area contributed by atoms with Crippen LogP contribution >= 0.6 is 11.6 Å². The van der Waals surface area contributed by atoms with Crippen molar-refractivity contribution >= 4 is 17.3 Å². The van der Waals surface area contributed by atoms with Gasteiger partial charge < -0.3 is 5.73 Å². The zero-order valence-electron chi connectivity index (χ0n) is 9.11. The van der Waals surface area contributed by atoms with Gasteiger partial charge in [0.15, 0.2) is 5.82 Å². The number of aryl methyl sites for hydroxylation is 2. The maximum Gasteiger partial charge on any atom is 0.224 e. The molecule has 0 spiro atoms. The molecule has 0 aliphatic heterocycles. The molecule has 0 aliphatic carbocycles. The molecule has 0 radical (unpaired) electrons. The minimum absolute atomic E-state index is 0.192. The number of nitrogen functional groups attached to an aromatic ring is 1. The van der Waals surface area contributed by atoms with Crippen molar-refractivity contribution < 1.29 is 0 Å². The number of hydrogen-bond donors (Lipinski definition) is 1. The monoisotopic (exact) mass is 237 g/mol. The quantitative estimate of drug-likeness (QED) is 0.809. The third-order valence-corrected chi connectivity index (χ3v) is 2.52. The van der Waals surface area contributed by atoms with E-state index < -0.39 is 0 Å². The van der Waals surface area contributed by atoms with Gasteiger partial charge in [0.2, 0.25) is 5.28 Å². The van der Waals surface area contributed by atoms with Crippen LogP contribution in [0.15, 0.2) is 12.4 Å². The van der Waals surface area contributed by atoms with Crippen LogP contribution in [0.3, 0.4) is 0 Å². The molecule has 0 atom stereocenters. The first kappa shape index (κ1) is 10.9. The zero-order valence-corrected chi connectivity index (χ0v) is 9.86. The second-order valence-electron chi connectivity index (χ2n) is 3.38. The molecule has 5 nitrogen and oxygen atoms in total. The van der Waals surface area contributed by atoms with Gasteiger partial charge in [0.05, 0.1) is 11.4 Å². The van der Waals surface area contributed by atoms with Gasteiger partial charge in [-0.3, -0.25) is 4.57 Å². The molecule has 2 heterocycles. The van der Waals surface area contributed by atoms with Gasteiger partial charge in [0.25, 0.3) is 0 Å². The highest BCUT2D eigenvalue weighted by Gasteiger charge is 2.12. The third-order valence-electron chi connectivity index (χ3n) is 2.35. The van der Waals surface area contributed by atoms with Crippen LogP contribution in [-0.2, 0) is 6.42 Å². The zero-order chi connectivity index (χ0) is 11.7. The molecule has 0 saturated carbocycles. The van der Waals surface area contributed by atoms with Gasteiger partial charge in [-0.25, -0.2) is 9.97 Å². The molecule has 0 aliphatic rings. The number of nitrogens with two attached hydrogens (primary N) is 1. The predicted octanol–water partition coefficient (Wildman–Crippen LogP) is 1.77. The molecule has 2 aromatic heterocycles. The van der Waals surface area contributed by atoms with Gasteiger partial charge in [-0.2, -0.15) is 4.98 Å². The lowest BCUT2D eigenvalue weighted by Gasteiger charge is -2.10. The standard InChI is InChI=1S/C10H12ClN5/c1-3-7-13-4-5-16(7)9-8(12)6(2)14-10(11)15-9/h4-5H,3,12H2,1-2H3. The lowest BCUT2D eigenvalue weighted by molar-refractivity contribution is 0.860. The Morgan fingerprint density at radius 1 is 1.44 bits per heavy atom. The highest BCUT2D eigenvalue weighted by Crippen LogP contribution is 2.20. The van der Waals surface area contributed by atoms with Crippen molar-refractivity contribution in [2.45, 2.75) is 20.3 Å². The summed E-state index contributed by atoms with van der Waals surface area (Å²) >= 11 is 5.82. The first-order valence-electron chi connectivity index (χ1n) is 4.95. The summed E-state index contributed by atoms with van der Waals surface area (Å²) < 4.78 is 1.83. The molecule has 0 unspecified atom stereocenters. The number of nitrogens with zero attached hydrogens (tertiary/aromatic N) is 4. The van der Waals surface area contributed by atoms with Crippen LogP contribution in [-0.4, -0.2) is 19.5 Å². The Hall–Kier alpha value is -1.62. The van der Waals surface area contributed by atoms with E-state index in [-0.39, 0.29) is 5.28 Å². The molecular formula is C10H12ClN5. The van der Waals surface area contributed by atoms with E-state index >= 15 is 0 Å². The van der Waals surface area contributed by atoms with E-state index in [9.17, 15) is 0 Å². The topological polar surface area (TPSA) is 69.6 Å². The summed E-state index contributed by atoms with van der Waals surface area (Å²) in [5, 5.41) is 0.192. The number of aromatic nitrogens is 4. The molecule has 0 fully saturated rings. The lowest BCUT2D eigenvalue weighted by atomic mass is 10.3. The fourth-order valence-electron chi connectivity index (χ4n) is 1.51. The van der Waals surface area contributed by atoms with E-state index in [4.69, 9.17) is 17.3 Å². The van der Waals surface area contributed by atoms with Crippen LogP contribution in [0.1, 0.15) is 18.4 Å². The van der Waals surface area contributed by atoms with E-state index in [1.807, 2.05) is 17.7 Å². The van der Waals surface area contributed by atoms with Crippen molar-refractivity contribution in [1.82, 2.24) is 19.5 Å². The Labute approximate surface area is 98.3 Å². The van der Waals surface area contributed by atoms with Gasteiger partial charge in [-0.15, -0.1) is 0 Å². The average molecular weight is 238 g/mol. The third kappa shape index (κ3) is 1.74. The Bertz CT molecular complexity index is 520. The Morgan fingerprint density at radius 2 is 2.19 bits per heavy atom. The maximum absolute atomic E-state index is 5.93. The fourth-order valence-corrected chi connectivity index (χ4v) is 1.71. The van der Waals surface area contributed by atoms with Crippen LogP contribution in [0.4, 0.5) is 5.69 Å². The molecule has 0 bridgehead atoms. The summed E-state index contributed by atoms with van der Waals surface area (Å²) in [6.45, 7) is 3.82. The molecule has 0 saturated heterocycles. The molecule has 6 heteroatoms. The molecule has 2 aromatic rings. The van der Waals surface area contributed by atoms with Crippen LogP contribution in [0.25, 0.3) is 5.82 Å². The summed E-state index contributed by atoms with van der Waals surface area (Å²) in [4.78, 5) is 12.3. The second-order valence-corrected chi connectivity index (χ2v) is 3.72. The number of imidazole rings is 1. The average Bonchev–Trinajstić information content (AvgIpc) is 2.71. The van der Waals surface area contributed by atoms with Crippen LogP contribution in [0, 0.1) is 6.92 Å². The first-order chi connectivity index (χ1) is 7.63. The van der Waals surface area contributed by atoms with Gasteiger partial charge in [-0.1, -0.05) is 6.92 Å². The van der Waals surface area contributed by atoms with E-state index in [0.717, 1.165) is 12.2 Å². The van der Waals surface area contributed by atoms with Crippen LogP contribution in [0.2, 0.25) is 5.28 Å². The summed E-state index contributed by atoms with van der Waals surface area (Å²) in [7, 11) is 0. The minimum atomic E-state index is 0.192. The summed E-state index contributed by atoms with van der Waals surface area (Å²) in [5.41, 5.74) is 7.13. The molecule has 16 heavy (non-hydrogen) atoms. The fraction of sp³-hybridized carbons (Fsp3) is 0.300. The SMILES string of the molecule is CCc1nccn1-c1nc(Cl)nc(C)c1N. The highest BCUT2D eigenvalue weighted by atomic mass is 35.5.